The van der Waals surface area contributed by atoms with E-state index in [0.717, 1.165) is 22.1 Å². The van der Waals surface area contributed by atoms with Crippen LogP contribution in [0.2, 0.25) is 0 Å². The molecule has 4 rings (SSSR count). The molecule has 0 bridgehead atoms. The first-order valence-corrected chi connectivity index (χ1v) is 9.53. The van der Waals surface area contributed by atoms with Crippen LogP contribution in [0.4, 0.5) is 11.4 Å². The number of amides is 2. The molecule has 1 aliphatic rings. The summed E-state index contributed by atoms with van der Waals surface area (Å²) < 4.78 is 1.96. The Labute approximate surface area is 161 Å². The van der Waals surface area contributed by atoms with Gasteiger partial charge in [0.1, 0.15) is 6.54 Å². The third-order valence-electron chi connectivity index (χ3n) is 4.28. The third-order valence-corrected chi connectivity index (χ3v) is 5.23. The Morgan fingerprint density at radius 2 is 2.07 bits per heavy atom. The molecule has 7 heteroatoms. The average molecular weight is 378 g/mol. The number of para-hydroxylation sites is 2. The van der Waals surface area contributed by atoms with E-state index in [4.69, 9.17) is 0 Å². The summed E-state index contributed by atoms with van der Waals surface area (Å²) in [6.07, 6.45) is 3.60. The molecule has 136 valence electrons. The minimum Gasteiger partial charge on any atom is -0.323 e. The van der Waals surface area contributed by atoms with Crippen LogP contribution in [0.15, 0.2) is 66.1 Å². The van der Waals surface area contributed by atoms with Crippen molar-refractivity contribution in [1.29, 1.82) is 0 Å². The first-order chi connectivity index (χ1) is 13.1. The number of anilines is 2. The maximum Gasteiger partial charge on any atom is 0.244 e. The van der Waals surface area contributed by atoms with Gasteiger partial charge in [0.15, 0.2) is 5.16 Å². The van der Waals surface area contributed by atoms with Crippen LogP contribution in [-0.4, -0.2) is 33.7 Å². The van der Waals surface area contributed by atoms with Crippen LogP contribution < -0.4 is 10.2 Å². The Kier molecular flexibility index (Phi) is 4.68. The van der Waals surface area contributed by atoms with Crippen molar-refractivity contribution in [2.45, 2.75) is 12.1 Å². The van der Waals surface area contributed by atoms with Crippen molar-refractivity contribution in [2.75, 3.05) is 22.5 Å². The van der Waals surface area contributed by atoms with E-state index in [-0.39, 0.29) is 24.1 Å². The summed E-state index contributed by atoms with van der Waals surface area (Å²) in [7, 11) is 0. The fraction of sp³-hybridized carbons (Fsp3) is 0.150. The Morgan fingerprint density at radius 1 is 1.22 bits per heavy atom. The smallest absolute Gasteiger partial charge is 0.244 e. The molecule has 0 aliphatic carbocycles. The van der Waals surface area contributed by atoms with Gasteiger partial charge in [-0.3, -0.25) is 14.2 Å². The number of imidazole rings is 1. The van der Waals surface area contributed by atoms with E-state index in [1.807, 2.05) is 54.1 Å². The van der Waals surface area contributed by atoms with Crippen LogP contribution in [0.1, 0.15) is 5.56 Å². The molecule has 2 aromatic carbocycles. The molecule has 0 radical (unpaired) electrons. The SMILES string of the molecule is Cc1cccc(-n2ccnc2SCC(=O)N2CC(=O)Nc3ccccc32)c1. The number of carbonyl (C=O) groups is 2. The highest BCUT2D eigenvalue weighted by Crippen LogP contribution is 2.30. The van der Waals surface area contributed by atoms with Gasteiger partial charge in [0.2, 0.25) is 11.8 Å². The van der Waals surface area contributed by atoms with Crippen LogP contribution in [0.25, 0.3) is 5.69 Å². The second-order valence-corrected chi connectivity index (χ2v) is 7.20. The maximum atomic E-state index is 12.8. The lowest BCUT2D eigenvalue weighted by atomic mass is 10.2. The molecule has 0 atom stereocenters. The largest absolute Gasteiger partial charge is 0.323 e. The molecule has 1 aromatic heterocycles. The number of hydrogen-bond acceptors (Lipinski definition) is 4. The summed E-state index contributed by atoms with van der Waals surface area (Å²) in [5.74, 6) is -0.112. The molecule has 0 spiro atoms. The van der Waals surface area contributed by atoms with E-state index in [0.29, 0.717) is 5.69 Å². The minimum atomic E-state index is -0.187. The average Bonchev–Trinajstić information content (AvgIpc) is 3.14. The van der Waals surface area contributed by atoms with Crippen LogP contribution in [0.3, 0.4) is 0 Å². The summed E-state index contributed by atoms with van der Waals surface area (Å²) in [5.41, 5.74) is 3.55. The highest BCUT2D eigenvalue weighted by Gasteiger charge is 2.26. The number of rotatable bonds is 4. The first kappa shape index (κ1) is 17.4. The number of benzene rings is 2. The van der Waals surface area contributed by atoms with E-state index in [2.05, 4.69) is 16.4 Å². The van der Waals surface area contributed by atoms with E-state index in [9.17, 15) is 9.59 Å². The van der Waals surface area contributed by atoms with Gasteiger partial charge in [-0.05, 0) is 36.8 Å². The normalized spacial score (nSPS) is 13.2. The van der Waals surface area contributed by atoms with Crippen molar-refractivity contribution in [2.24, 2.45) is 0 Å². The Morgan fingerprint density at radius 3 is 2.93 bits per heavy atom. The maximum absolute atomic E-state index is 12.8. The number of fused-ring (bicyclic) bond motifs is 1. The van der Waals surface area contributed by atoms with E-state index in [1.165, 1.54) is 16.7 Å². The fourth-order valence-electron chi connectivity index (χ4n) is 3.03. The molecule has 2 heterocycles. The lowest BCUT2D eigenvalue weighted by Crippen LogP contribution is -2.43. The van der Waals surface area contributed by atoms with Gasteiger partial charge < -0.3 is 10.2 Å². The fourth-order valence-corrected chi connectivity index (χ4v) is 3.88. The summed E-state index contributed by atoms with van der Waals surface area (Å²) >= 11 is 1.36. The number of thioether (sulfide) groups is 1. The number of aromatic nitrogens is 2. The highest BCUT2D eigenvalue weighted by molar-refractivity contribution is 7.99. The monoisotopic (exact) mass is 378 g/mol. The van der Waals surface area contributed by atoms with E-state index < -0.39 is 0 Å². The predicted molar refractivity (Wildman–Crippen MR) is 106 cm³/mol. The van der Waals surface area contributed by atoms with Crippen LogP contribution in [0, 0.1) is 6.92 Å². The lowest BCUT2D eigenvalue weighted by Gasteiger charge is -2.29. The first-order valence-electron chi connectivity index (χ1n) is 8.54. The number of nitrogens with zero attached hydrogens (tertiary/aromatic N) is 3. The zero-order chi connectivity index (χ0) is 18.8. The number of nitrogens with one attached hydrogen (secondary N) is 1. The van der Waals surface area contributed by atoms with Gasteiger partial charge in [-0.1, -0.05) is 36.0 Å². The molecule has 1 N–H and O–H groups in total. The summed E-state index contributed by atoms with van der Waals surface area (Å²) in [6.45, 7) is 2.07. The van der Waals surface area contributed by atoms with Gasteiger partial charge in [0.05, 0.1) is 17.1 Å². The van der Waals surface area contributed by atoms with Crippen LogP contribution in [0.5, 0.6) is 0 Å². The van der Waals surface area contributed by atoms with Crippen molar-refractivity contribution in [3.63, 3.8) is 0 Å². The van der Waals surface area contributed by atoms with Gasteiger partial charge in [0.25, 0.3) is 0 Å². The third kappa shape index (κ3) is 3.59. The lowest BCUT2D eigenvalue weighted by molar-refractivity contribution is -0.120. The highest BCUT2D eigenvalue weighted by atomic mass is 32.2. The molecule has 27 heavy (non-hydrogen) atoms. The second-order valence-electron chi connectivity index (χ2n) is 6.25. The van der Waals surface area contributed by atoms with Gasteiger partial charge in [-0.15, -0.1) is 0 Å². The molecule has 3 aromatic rings. The van der Waals surface area contributed by atoms with Crippen molar-refractivity contribution in [1.82, 2.24) is 9.55 Å². The van der Waals surface area contributed by atoms with Gasteiger partial charge in [0, 0.05) is 18.1 Å². The Hall–Kier alpha value is -3.06. The van der Waals surface area contributed by atoms with Crippen molar-refractivity contribution < 1.29 is 9.59 Å². The van der Waals surface area contributed by atoms with Crippen molar-refractivity contribution >= 4 is 35.0 Å². The van der Waals surface area contributed by atoms with E-state index in [1.54, 1.807) is 12.3 Å². The minimum absolute atomic E-state index is 0.0305. The molecular weight excluding hydrogens is 360 g/mol. The zero-order valence-corrected chi connectivity index (χ0v) is 15.6. The molecule has 0 saturated carbocycles. The zero-order valence-electron chi connectivity index (χ0n) is 14.8. The number of hydrogen-bond donors (Lipinski definition) is 1. The molecule has 0 saturated heterocycles. The second kappa shape index (κ2) is 7.28. The topological polar surface area (TPSA) is 67.2 Å². The molecule has 6 nitrogen and oxygen atoms in total. The molecular formula is C20H18N4O2S. The number of carbonyl (C=O) groups excluding carboxylic acids is 2. The molecule has 0 unspecified atom stereocenters. The quantitative estimate of drug-likeness (QED) is 0.708. The van der Waals surface area contributed by atoms with E-state index >= 15 is 0 Å². The number of aryl methyl sites for hydroxylation is 1. The molecule has 2 amide bonds. The van der Waals surface area contributed by atoms with Crippen molar-refractivity contribution in [3.05, 3.63) is 66.5 Å². The van der Waals surface area contributed by atoms with Crippen LogP contribution in [-0.2, 0) is 9.59 Å². The Balaban J connectivity index is 1.51. The Bertz CT molecular complexity index is 1010. The van der Waals surface area contributed by atoms with Gasteiger partial charge in [-0.2, -0.15) is 0 Å². The van der Waals surface area contributed by atoms with Crippen LogP contribution >= 0.6 is 11.8 Å². The summed E-state index contributed by atoms with van der Waals surface area (Å²) in [6, 6.07) is 15.4. The van der Waals surface area contributed by atoms with Crippen molar-refractivity contribution in [3.8, 4) is 5.69 Å². The van der Waals surface area contributed by atoms with Gasteiger partial charge in [-0.25, -0.2) is 4.98 Å². The predicted octanol–water partition coefficient (Wildman–Crippen LogP) is 3.26. The molecule has 0 fully saturated rings. The molecule has 1 aliphatic heterocycles. The summed E-state index contributed by atoms with van der Waals surface area (Å²) in [4.78, 5) is 30.6. The van der Waals surface area contributed by atoms with Gasteiger partial charge >= 0.3 is 0 Å². The summed E-state index contributed by atoms with van der Waals surface area (Å²) in [5, 5.41) is 3.53. The standard InChI is InChI=1S/C20H18N4O2S/c1-14-5-4-6-15(11-14)23-10-9-21-20(23)27-13-19(26)24-12-18(25)22-16-7-2-3-8-17(16)24/h2-11H,12-13H2,1H3,(H,22,25).